The molecule has 7 nitrogen and oxygen atoms in total. The van der Waals surface area contributed by atoms with E-state index in [1.165, 1.54) is 0 Å². The summed E-state index contributed by atoms with van der Waals surface area (Å²) in [6.45, 7) is 3.75. The SMILES string of the molecule is CC1CN(C(=O)CNC(=O)/C=C/c2ccc(C(F)(F)F)cc2F)CCN1CCCC(=O)O. The van der Waals surface area contributed by atoms with Gasteiger partial charge in [0.05, 0.1) is 12.1 Å². The molecule has 1 unspecified atom stereocenters. The molecule has 2 rings (SSSR count). The van der Waals surface area contributed by atoms with Crippen molar-refractivity contribution in [3.63, 3.8) is 0 Å². The summed E-state index contributed by atoms with van der Waals surface area (Å²) in [7, 11) is 0. The first-order chi connectivity index (χ1) is 15.0. The average Bonchev–Trinajstić information content (AvgIpc) is 2.71. The second-order valence-corrected chi connectivity index (χ2v) is 7.51. The zero-order valence-corrected chi connectivity index (χ0v) is 17.5. The van der Waals surface area contributed by atoms with E-state index in [0.717, 1.165) is 18.2 Å². The Morgan fingerprint density at radius 1 is 1.25 bits per heavy atom. The summed E-state index contributed by atoms with van der Waals surface area (Å²) in [5.74, 6) is -2.95. The van der Waals surface area contributed by atoms with Crippen molar-refractivity contribution in [1.82, 2.24) is 15.1 Å². The number of halogens is 4. The van der Waals surface area contributed by atoms with Crippen LogP contribution in [0.5, 0.6) is 0 Å². The minimum atomic E-state index is -4.66. The van der Waals surface area contributed by atoms with E-state index in [-0.39, 0.29) is 30.5 Å². The Morgan fingerprint density at radius 2 is 1.97 bits per heavy atom. The predicted octanol–water partition coefficient (Wildman–Crippen LogP) is 2.37. The van der Waals surface area contributed by atoms with Crippen LogP contribution in [-0.4, -0.2) is 71.5 Å². The lowest BCUT2D eigenvalue weighted by molar-refractivity contribution is -0.138. The Bertz CT molecular complexity index is 873. The number of carbonyl (C=O) groups excluding carboxylic acids is 2. The van der Waals surface area contributed by atoms with E-state index in [9.17, 15) is 31.9 Å². The zero-order valence-electron chi connectivity index (χ0n) is 17.5. The highest BCUT2D eigenvalue weighted by molar-refractivity contribution is 5.94. The fourth-order valence-electron chi connectivity index (χ4n) is 3.32. The van der Waals surface area contributed by atoms with Gasteiger partial charge in [0, 0.05) is 43.7 Å². The minimum absolute atomic E-state index is 0.0414. The molecule has 1 heterocycles. The quantitative estimate of drug-likeness (QED) is 0.460. The zero-order chi connectivity index (χ0) is 23.9. The number of piperazine rings is 1. The van der Waals surface area contributed by atoms with Gasteiger partial charge in [-0.1, -0.05) is 6.07 Å². The number of amides is 2. The Balaban J connectivity index is 1.80. The van der Waals surface area contributed by atoms with E-state index in [0.29, 0.717) is 44.7 Å². The van der Waals surface area contributed by atoms with Crippen molar-refractivity contribution in [1.29, 1.82) is 0 Å². The van der Waals surface area contributed by atoms with Gasteiger partial charge in [-0.05, 0) is 38.1 Å². The van der Waals surface area contributed by atoms with Crippen LogP contribution in [0.2, 0.25) is 0 Å². The molecule has 1 aliphatic rings. The third kappa shape index (κ3) is 7.63. The number of nitrogens with zero attached hydrogens (tertiary/aromatic N) is 2. The van der Waals surface area contributed by atoms with Crippen molar-refractivity contribution in [3.05, 3.63) is 41.2 Å². The van der Waals surface area contributed by atoms with Crippen molar-refractivity contribution < 1.29 is 37.1 Å². The molecule has 1 aliphatic heterocycles. The molecular weight excluding hydrogens is 434 g/mol. The van der Waals surface area contributed by atoms with Crippen LogP contribution >= 0.6 is 0 Å². The van der Waals surface area contributed by atoms with Gasteiger partial charge in [-0.2, -0.15) is 13.2 Å². The van der Waals surface area contributed by atoms with E-state index in [4.69, 9.17) is 5.11 Å². The van der Waals surface area contributed by atoms with Gasteiger partial charge in [0.2, 0.25) is 11.8 Å². The van der Waals surface area contributed by atoms with Gasteiger partial charge in [-0.15, -0.1) is 0 Å². The normalized spacial score (nSPS) is 17.5. The van der Waals surface area contributed by atoms with Gasteiger partial charge >= 0.3 is 12.1 Å². The highest BCUT2D eigenvalue weighted by Crippen LogP contribution is 2.30. The third-order valence-corrected chi connectivity index (χ3v) is 5.11. The van der Waals surface area contributed by atoms with Crippen molar-refractivity contribution in [2.24, 2.45) is 0 Å². The molecule has 1 aromatic rings. The van der Waals surface area contributed by atoms with Crippen LogP contribution in [0, 0.1) is 5.82 Å². The van der Waals surface area contributed by atoms with Crippen molar-refractivity contribution >= 4 is 23.9 Å². The summed E-state index contributed by atoms with van der Waals surface area (Å²) in [6, 6.07) is 2.03. The second kappa shape index (κ2) is 11.1. The highest BCUT2D eigenvalue weighted by atomic mass is 19.4. The maximum Gasteiger partial charge on any atom is 0.416 e. The molecule has 176 valence electrons. The topological polar surface area (TPSA) is 90.0 Å². The fourth-order valence-corrected chi connectivity index (χ4v) is 3.32. The summed E-state index contributed by atoms with van der Waals surface area (Å²) in [6.07, 6.45) is -2.07. The van der Waals surface area contributed by atoms with Crippen molar-refractivity contribution in [2.75, 3.05) is 32.7 Å². The number of alkyl halides is 3. The molecule has 1 aromatic carbocycles. The van der Waals surface area contributed by atoms with Crippen LogP contribution in [0.4, 0.5) is 17.6 Å². The molecule has 0 aliphatic carbocycles. The molecule has 0 spiro atoms. The molecule has 32 heavy (non-hydrogen) atoms. The molecule has 0 radical (unpaired) electrons. The molecule has 0 saturated carbocycles. The maximum atomic E-state index is 13.8. The van der Waals surface area contributed by atoms with Crippen LogP contribution in [0.15, 0.2) is 24.3 Å². The number of hydrogen-bond donors (Lipinski definition) is 2. The summed E-state index contributed by atoms with van der Waals surface area (Å²) in [5.41, 5.74) is -1.31. The molecule has 11 heteroatoms. The number of benzene rings is 1. The number of nitrogens with one attached hydrogen (secondary N) is 1. The number of carboxylic acid groups (broad SMARTS) is 1. The van der Waals surface area contributed by atoms with Gasteiger partial charge in [-0.3, -0.25) is 19.3 Å². The molecule has 1 atom stereocenters. The first-order valence-corrected chi connectivity index (χ1v) is 10.0. The Labute approximate surface area is 182 Å². The number of aliphatic carboxylic acids is 1. The van der Waals surface area contributed by atoms with E-state index in [1.54, 1.807) is 4.90 Å². The van der Waals surface area contributed by atoms with E-state index in [1.807, 2.05) is 6.92 Å². The molecule has 1 saturated heterocycles. The number of rotatable bonds is 8. The smallest absolute Gasteiger partial charge is 0.416 e. The van der Waals surface area contributed by atoms with Crippen LogP contribution in [0.3, 0.4) is 0 Å². The number of carbonyl (C=O) groups is 3. The second-order valence-electron chi connectivity index (χ2n) is 7.51. The van der Waals surface area contributed by atoms with Gasteiger partial charge in [0.15, 0.2) is 0 Å². The van der Waals surface area contributed by atoms with Gasteiger partial charge in [-0.25, -0.2) is 4.39 Å². The van der Waals surface area contributed by atoms with Crippen molar-refractivity contribution in [3.8, 4) is 0 Å². The van der Waals surface area contributed by atoms with Crippen LogP contribution < -0.4 is 5.32 Å². The predicted molar refractivity (Wildman–Crippen MR) is 108 cm³/mol. The lowest BCUT2D eigenvalue weighted by Crippen LogP contribution is -2.55. The summed E-state index contributed by atoms with van der Waals surface area (Å²) < 4.78 is 51.5. The van der Waals surface area contributed by atoms with E-state index in [2.05, 4.69) is 10.2 Å². The van der Waals surface area contributed by atoms with Gasteiger partial charge in [0.25, 0.3) is 0 Å². The molecule has 2 N–H and O–H groups in total. The first-order valence-electron chi connectivity index (χ1n) is 10.0. The summed E-state index contributed by atoms with van der Waals surface area (Å²) >= 11 is 0. The van der Waals surface area contributed by atoms with Crippen LogP contribution in [-0.2, 0) is 20.6 Å². The number of carboxylic acids is 1. The fraction of sp³-hybridized carbons (Fsp3) is 0.476. The molecule has 0 bridgehead atoms. The first kappa shape index (κ1) is 25.3. The van der Waals surface area contributed by atoms with E-state index >= 15 is 0 Å². The number of hydrogen-bond acceptors (Lipinski definition) is 4. The highest BCUT2D eigenvalue weighted by Gasteiger charge is 2.31. The summed E-state index contributed by atoms with van der Waals surface area (Å²) in [4.78, 5) is 38.6. The van der Waals surface area contributed by atoms with Gasteiger partial charge < -0.3 is 15.3 Å². The maximum absolute atomic E-state index is 13.8. The van der Waals surface area contributed by atoms with Crippen LogP contribution in [0.25, 0.3) is 6.08 Å². The molecule has 0 aromatic heterocycles. The monoisotopic (exact) mass is 459 g/mol. The standard InChI is InChI=1S/C21H25F4N3O4/c1-14-13-28(10-9-27(14)8-2-3-20(31)32)19(30)12-26-18(29)7-5-15-4-6-16(11-17(15)22)21(23,24)25/h4-7,11,14H,2-3,8-10,12-13H2,1H3,(H,26,29)(H,31,32)/b7-5+. The Hall–Kier alpha value is -2.95. The Kier molecular flexibility index (Phi) is 8.76. The van der Waals surface area contributed by atoms with Crippen molar-refractivity contribution in [2.45, 2.75) is 32.0 Å². The summed E-state index contributed by atoms with van der Waals surface area (Å²) in [5, 5.41) is 11.1. The minimum Gasteiger partial charge on any atom is -0.481 e. The molecular formula is C21H25F4N3O4. The Morgan fingerprint density at radius 3 is 2.56 bits per heavy atom. The molecule has 1 fully saturated rings. The van der Waals surface area contributed by atoms with Crippen LogP contribution in [0.1, 0.15) is 30.9 Å². The van der Waals surface area contributed by atoms with E-state index < -0.39 is 29.4 Å². The van der Waals surface area contributed by atoms with Gasteiger partial charge in [0.1, 0.15) is 5.82 Å². The lowest BCUT2D eigenvalue weighted by Gasteiger charge is -2.39. The average molecular weight is 459 g/mol. The lowest BCUT2D eigenvalue weighted by atomic mass is 10.1. The molecule has 2 amide bonds. The third-order valence-electron chi connectivity index (χ3n) is 5.11. The largest absolute Gasteiger partial charge is 0.481 e.